The summed E-state index contributed by atoms with van der Waals surface area (Å²) in [5.74, 6) is 1.62. The molecule has 120 valence electrons. The van der Waals surface area contributed by atoms with Crippen molar-refractivity contribution >= 4 is 17.3 Å². The molecule has 0 saturated heterocycles. The zero-order chi connectivity index (χ0) is 16.2. The van der Waals surface area contributed by atoms with Crippen molar-refractivity contribution in [2.45, 2.75) is 6.92 Å². The number of ether oxygens (including phenoxy) is 2. The molecule has 0 aromatic heterocycles. The summed E-state index contributed by atoms with van der Waals surface area (Å²) in [6, 6.07) is 13.5. The number of anilines is 2. The molecule has 1 aliphatic rings. The summed E-state index contributed by atoms with van der Waals surface area (Å²) in [6.07, 6.45) is 0. The van der Waals surface area contributed by atoms with Crippen molar-refractivity contribution in [1.82, 2.24) is 0 Å². The molecule has 1 heterocycles. The Bertz CT molecular complexity index is 715. The maximum atomic E-state index is 12.2. The summed E-state index contributed by atoms with van der Waals surface area (Å²) in [6.45, 7) is 3.26. The minimum Gasteiger partial charge on any atom is -0.497 e. The van der Waals surface area contributed by atoms with Crippen LogP contribution in [-0.4, -0.2) is 32.7 Å². The van der Waals surface area contributed by atoms with E-state index in [4.69, 9.17) is 9.47 Å². The standard InChI is InChI=1S/C18H20N2O3/c1-13-4-3-5-15(10-13)23-9-8-20-17-7-6-14(22-2)11-16(17)19-12-18(20)21/h3-7,10-11,19H,8-9,12H2,1-2H3. The molecule has 0 spiro atoms. The van der Waals surface area contributed by atoms with Crippen LogP contribution in [0.4, 0.5) is 11.4 Å². The quantitative estimate of drug-likeness (QED) is 0.922. The Morgan fingerprint density at radius 3 is 2.83 bits per heavy atom. The van der Waals surface area contributed by atoms with Crippen LogP contribution < -0.4 is 19.7 Å². The van der Waals surface area contributed by atoms with Crippen molar-refractivity contribution in [2.75, 3.05) is 37.0 Å². The number of hydrogen-bond donors (Lipinski definition) is 1. The Kier molecular flexibility index (Phi) is 4.37. The highest BCUT2D eigenvalue weighted by atomic mass is 16.5. The van der Waals surface area contributed by atoms with Crippen LogP contribution in [0.25, 0.3) is 0 Å². The minimum atomic E-state index is 0.0375. The van der Waals surface area contributed by atoms with Crippen LogP contribution in [0, 0.1) is 6.92 Å². The molecular formula is C18H20N2O3. The number of nitrogens with zero attached hydrogens (tertiary/aromatic N) is 1. The lowest BCUT2D eigenvalue weighted by atomic mass is 10.2. The fourth-order valence-electron chi connectivity index (χ4n) is 2.62. The topological polar surface area (TPSA) is 50.8 Å². The number of fused-ring (bicyclic) bond motifs is 1. The van der Waals surface area contributed by atoms with E-state index in [1.165, 1.54) is 0 Å². The van der Waals surface area contributed by atoms with Gasteiger partial charge >= 0.3 is 0 Å². The lowest BCUT2D eigenvalue weighted by Crippen LogP contribution is -2.42. The van der Waals surface area contributed by atoms with Crippen molar-refractivity contribution < 1.29 is 14.3 Å². The molecule has 0 aliphatic carbocycles. The number of amides is 1. The van der Waals surface area contributed by atoms with Gasteiger partial charge in [-0.25, -0.2) is 0 Å². The average molecular weight is 312 g/mol. The maximum absolute atomic E-state index is 12.2. The fraction of sp³-hybridized carbons (Fsp3) is 0.278. The first-order chi connectivity index (χ1) is 11.2. The third-order valence-electron chi connectivity index (χ3n) is 3.80. The molecule has 1 N–H and O–H groups in total. The summed E-state index contributed by atoms with van der Waals surface area (Å²) >= 11 is 0. The first kappa shape index (κ1) is 15.2. The Morgan fingerprint density at radius 2 is 2.04 bits per heavy atom. The lowest BCUT2D eigenvalue weighted by molar-refractivity contribution is -0.117. The number of carbonyl (C=O) groups is 1. The molecule has 23 heavy (non-hydrogen) atoms. The molecule has 3 rings (SSSR count). The molecule has 0 bridgehead atoms. The molecule has 2 aromatic rings. The van der Waals surface area contributed by atoms with Gasteiger partial charge in [0.25, 0.3) is 0 Å². The molecule has 1 amide bonds. The van der Waals surface area contributed by atoms with Crippen LogP contribution in [0.3, 0.4) is 0 Å². The number of nitrogens with one attached hydrogen (secondary N) is 1. The van der Waals surface area contributed by atoms with Gasteiger partial charge in [0.05, 0.1) is 31.6 Å². The number of hydrogen-bond acceptors (Lipinski definition) is 4. The second kappa shape index (κ2) is 6.60. The number of rotatable bonds is 5. The van der Waals surface area contributed by atoms with E-state index in [9.17, 15) is 4.79 Å². The molecule has 0 atom stereocenters. The van der Waals surface area contributed by atoms with Crippen LogP contribution in [0.5, 0.6) is 11.5 Å². The summed E-state index contributed by atoms with van der Waals surface area (Å²) < 4.78 is 11.0. The summed E-state index contributed by atoms with van der Waals surface area (Å²) in [7, 11) is 1.63. The van der Waals surface area contributed by atoms with E-state index < -0.39 is 0 Å². The van der Waals surface area contributed by atoms with Gasteiger partial charge in [-0.2, -0.15) is 0 Å². The molecular weight excluding hydrogens is 292 g/mol. The zero-order valence-corrected chi connectivity index (χ0v) is 13.3. The van der Waals surface area contributed by atoms with Crippen LogP contribution in [0.1, 0.15) is 5.56 Å². The highest BCUT2D eigenvalue weighted by molar-refractivity contribution is 6.02. The van der Waals surface area contributed by atoms with Crippen LogP contribution in [-0.2, 0) is 4.79 Å². The molecule has 5 nitrogen and oxygen atoms in total. The van der Waals surface area contributed by atoms with E-state index in [1.54, 1.807) is 12.0 Å². The van der Waals surface area contributed by atoms with E-state index in [1.807, 2.05) is 49.4 Å². The molecule has 0 unspecified atom stereocenters. The first-order valence-electron chi connectivity index (χ1n) is 7.59. The fourth-order valence-corrected chi connectivity index (χ4v) is 2.62. The minimum absolute atomic E-state index is 0.0375. The second-order valence-corrected chi connectivity index (χ2v) is 5.45. The van der Waals surface area contributed by atoms with Gasteiger partial charge in [0.15, 0.2) is 0 Å². The van der Waals surface area contributed by atoms with E-state index in [-0.39, 0.29) is 12.5 Å². The van der Waals surface area contributed by atoms with Gasteiger partial charge in [0.1, 0.15) is 18.1 Å². The van der Waals surface area contributed by atoms with Crippen LogP contribution in [0.2, 0.25) is 0 Å². The van der Waals surface area contributed by atoms with Gasteiger partial charge in [-0.1, -0.05) is 12.1 Å². The van der Waals surface area contributed by atoms with Gasteiger partial charge in [-0.3, -0.25) is 4.79 Å². The largest absolute Gasteiger partial charge is 0.497 e. The molecule has 1 aliphatic heterocycles. The normalized spacial score (nSPS) is 13.3. The van der Waals surface area contributed by atoms with Crippen molar-refractivity contribution in [3.05, 3.63) is 48.0 Å². The van der Waals surface area contributed by atoms with Gasteiger partial charge in [0.2, 0.25) is 5.91 Å². The van der Waals surface area contributed by atoms with Gasteiger partial charge in [-0.15, -0.1) is 0 Å². The van der Waals surface area contributed by atoms with E-state index >= 15 is 0 Å². The van der Waals surface area contributed by atoms with Crippen molar-refractivity contribution in [3.8, 4) is 11.5 Å². The average Bonchev–Trinajstić information content (AvgIpc) is 2.56. The van der Waals surface area contributed by atoms with E-state index in [0.717, 1.165) is 28.4 Å². The van der Waals surface area contributed by atoms with E-state index in [2.05, 4.69) is 5.32 Å². The van der Waals surface area contributed by atoms with Crippen LogP contribution in [0.15, 0.2) is 42.5 Å². The molecule has 0 fully saturated rings. The number of benzene rings is 2. The summed E-state index contributed by atoms with van der Waals surface area (Å²) in [4.78, 5) is 13.9. The van der Waals surface area contributed by atoms with Crippen molar-refractivity contribution in [1.29, 1.82) is 0 Å². The summed E-state index contributed by atoms with van der Waals surface area (Å²) in [5.41, 5.74) is 2.91. The maximum Gasteiger partial charge on any atom is 0.246 e. The lowest BCUT2D eigenvalue weighted by Gasteiger charge is -2.30. The third kappa shape index (κ3) is 3.39. The molecule has 0 saturated carbocycles. The van der Waals surface area contributed by atoms with Gasteiger partial charge in [-0.05, 0) is 36.8 Å². The second-order valence-electron chi connectivity index (χ2n) is 5.45. The van der Waals surface area contributed by atoms with Gasteiger partial charge in [0, 0.05) is 6.07 Å². The van der Waals surface area contributed by atoms with Crippen molar-refractivity contribution in [2.24, 2.45) is 0 Å². The molecule has 2 aromatic carbocycles. The number of aryl methyl sites for hydroxylation is 1. The Labute approximate surface area is 135 Å². The highest BCUT2D eigenvalue weighted by Crippen LogP contribution is 2.32. The molecule has 5 heteroatoms. The Balaban J connectivity index is 1.69. The predicted molar refractivity (Wildman–Crippen MR) is 90.5 cm³/mol. The monoisotopic (exact) mass is 312 g/mol. The summed E-state index contributed by atoms with van der Waals surface area (Å²) in [5, 5.41) is 3.12. The first-order valence-corrected chi connectivity index (χ1v) is 7.59. The van der Waals surface area contributed by atoms with Gasteiger partial charge < -0.3 is 19.7 Å². The SMILES string of the molecule is COc1ccc2c(c1)NCC(=O)N2CCOc1cccc(C)c1. The smallest absolute Gasteiger partial charge is 0.246 e. The van der Waals surface area contributed by atoms with Crippen LogP contribution >= 0.6 is 0 Å². The predicted octanol–water partition coefficient (Wildman–Crippen LogP) is 2.84. The Hall–Kier alpha value is -2.69. The zero-order valence-electron chi connectivity index (χ0n) is 13.3. The van der Waals surface area contributed by atoms with Crippen molar-refractivity contribution in [3.63, 3.8) is 0 Å². The number of methoxy groups -OCH3 is 1. The highest BCUT2D eigenvalue weighted by Gasteiger charge is 2.24. The molecule has 0 radical (unpaired) electrons. The number of carbonyl (C=O) groups excluding carboxylic acids is 1. The third-order valence-corrected chi connectivity index (χ3v) is 3.80. The van der Waals surface area contributed by atoms with E-state index in [0.29, 0.717) is 13.2 Å². The Morgan fingerprint density at radius 1 is 1.17 bits per heavy atom.